The average Bonchev–Trinajstić information content (AvgIpc) is 3.23. The number of fused-ring (bicyclic) bond motifs is 1. The first kappa shape index (κ1) is 27.4. The highest BCUT2D eigenvalue weighted by molar-refractivity contribution is 6.05. The minimum Gasteiger partial charge on any atom is -0.379 e. The normalized spacial score (nSPS) is 21.8. The van der Waals surface area contributed by atoms with Crippen molar-refractivity contribution in [3.05, 3.63) is 83.1 Å². The molecule has 3 aliphatic rings. The fourth-order valence-electron chi connectivity index (χ4n) is 4.50. The molecule has 0 bridgehead atoms. The molecule has 1 saturated heterocycles. The third kappa shape index (κ3) is 5.06. The fourth-order valence-corrected chi connectivity index (χ4v) is 4.50. The number of hydrogen-bond acceptors (Lipinski definition) is 7. The molecule has 208 valence electrons. The van der Waals surface area contributed by atoms with Gasteiger partial charge in [0, 0.05) is 24.2 Å². The molecule has 0 spiro atoms. The Kier molecular flexibility index (Phi) is 6.90. The number of amidine groups is 1. The maximum Gasteiger partial charge on any atom is 0.416 e. The van der Waals surface area contributed by atoms with Gasteiger partial charge in [-0.05, 0) is 43.3 Å². The molecule has 0 aliphatic carbocycles. The lowest BCUT2D eigenvalue weighted by molar-refractivity contribution is -0.750. The van der Waals surface area contributed by atoms with E-state index in [1.165, 1.54) is 12.1 Å². The zero-order valence-corrected chi connectivity index (χ0v) is 21.7. The van der Waals surface area contributed by atoms with Crippen LogP contribution in [-0.4, -0.2) is 53.2 Å². The van der Waals surface area contributed by atoms with E-state index in [0.29, 0.717) is 42.6 Å². The number of pyridine rings is 1. The number of amides is 2. The number of rotatable bonds is 7. The predicted molar refractivity (Wildman–Crippen MR) is 140 cm³/mol. The Morgan fingerprint density at radius 1 is 1.20 bits per heavy atom. The highest BCUT2D eigenvalue weighted by Crippen LogP contribution is 2.35. The largest absolute Gasteiger partial charge is 0.416 e. The second-order valence-corrected chi connectivity index (χ2v) is 10.2. The number of nitrogens with two attached hydrogens (primary N) is 1. The van der Waals surface area contributed by atoms with Gasteiger partial charge >= 0.3 is 6.18 Å². The lowest BCUT2D eigenvalue weighted by Crippen LogP contribution is -2.53. The Bertz CT molecular complexity index is 1480. The van der Waals surface area contributed by atoms with Gasteiger partial charge in [-0.15, -0.1) is 4.59 Å². The lowest BCUT2D eigenvalue weighted by Gasteiger charge is -2.36. The number of anilines is 1. The summed E-state index contributed by atoms with van der Waals surface area (Å²) in [6, 6.07) is 7.96. The van der Waals surface area contributed by atoms with E-state index in [1.54, 1.807) is 30.7 Å². The van der Waals surface area contributed by atoms with Crippen molar-refractivity contribution in [2.24, 2.45) is 27.2 Å². The third-order valence-corrected chi connectivity index (χ3v) is 6.98. The number of nitrogens with zero attached hydrogens (tertiary/aromatic N) is 4. The van der Waals surface area contributed by atoms with Crippen molar-refractivity contribution in [1.29, 1.82) is 0 Å². The van der Waals surface area contributed by atoms with Crippen LogP contribution in [0.15, 0.2) is 76.4 Å². The Balaban J connectivity index is 1.33. The van der Waals surface area contributed by atoms with Gasteiger partial charge in [0.25, 0.3) is 11.7 Å². The van der Waals surface area contributed by atoms with Crippen LogP contribution in [0.2, 0.25) is 0 Å². The Hall–Kier alpha value is -4.20. The summed E-state index contributed by atoms with van der Waals surface area (Å²) in [5, 5.41) is 5.36. The van der Waals surface area contributed by atoms with Crippen molar-refractivity contribution in [2.45, 2.75) is 20.0 Å². The van der Waals surface area contributed by atoms with Crippen molar-refractivity contribution in [3.63, 3.8) is 0 Å². The first-order chi connectivity index (χ1) is 18.9. The van der Waals surface area contributed by atoms with Crippen LogP contribution in [0, 0.1) is 11.3 Å². The Morgan fingerprint density at radius 3 is 2.58 bits per heavy atom. The molecule has 2 unspecified atom stereocenters. The van der Waals surface area contributed by atoms with Crippen molar-refractivity contribution >= 4 is 29.7 Å². The van der Waals surface area contributed by atoms with Crippen LogP contribution in [0.5, 0.6) is 0 Å². The molecule has 3 aliphatic heterocycles. The molecule has 4 N–H and O–H groups in total. The van der Waals surface area contributed by atoms with Gasteiger partial charge < -0.3 is 15.4 Å². The highest BCUT2D eigenvalue weighted by Gasteiger charge is 2.46. The molecular formula is C27H27F3N7O3+. The van der Waals surface area contributed by atoms with E-state index >= 15 is 0 Å². The minimum atomic E-state index is -4.56. The first-order valence-electron chi connectivity index (χ1n) is 12.4. The van der Waals surface area contributed by atoms with E-state index in [-0.39, 0.29) is 27.8 Å². The molecule has 2 atom stereocenters. The van der Waals surface area contributed by atoms with E-state index in [1.807, 2.05) is 13.8 Å². The Morgan fingerprint density at radius 2 is 1.93 bits per heavy atom. The molecule has 1 fully saturated rings. The monoisotopic (exact) mass is 554 g/mol. The number of hydrogen-bond donors (Lipinski definition) is 3. The number of benzene rings is 1. The molecule has 0 saturated carbocycles. The van der Waals surface area contributed by atoms with Gasteiger partial charge in [-0.25, -0.2) is 4.98 Å². The second-order valence-electron chi connectivity index (χ2n) is 10.2. The molecule has 4 heterocycles. The van der Waals surface area contributed by atoms with Gasteiger partial charge in [0.1, 0.15) is 17.7 Å². The third-order valence-electron chi connectivity index (χ3n) is 6.98. The van der Waals surface area contributed by atoms with Crippen LogP contribution in [0.1, 0.15) is 35.3 Å². The van der Waals surface area contributed by atoms with E-state index in [4.69, 9.17) is 15.6 Å². The standard InChI is InChI=1S/C27H26F3N7O3/c1-16(12-34-25(39)26(2)14-40-15-26)22-20-13-32-9-10-37(20,31)23(36-22)17-3-5-18(6-4-17)24(38)35-21-11-19(7-8-33-21)27(28,29)30/h3-11,13,16H,12,14-15,31H2,1-2H3,(H-,33,34,35,38,39)/p+1. The van der Waals surface area contributed by atoms with Crippen molar-refractivity contribution in [2.75, 3.05) is 25.1 Å². The van der Waals surface area contributed by atoms with Crippen molar-refractivity contribution < 1.29 is 32.1 Å². The first-order valence-corrected chi connectivity index (χ1v) is 12.4. The van der Waals surface area contributed by atoms with E-state index in [0.717, 1.165) is 18.3 Å². The quantitative estimate of drug-likeness (QED) is 0.357. The van der Waals surface area contributed by atoms with Gasteiger partial charge in [0.2, 0.25) is 11.6 Å². The van der Waals surface area contributed by atoms with Gasteiger partial charge in [-0.3, -0.25) is 14.6 Å². The van der Waals surface area contributed by atoms with Crippen LogP contribution in [0.25, 0.3) is 0 Å². The van der Waals surface area contributed by atoms with Gasteiger partial charge in [0.15, 0.2) is 0 Å². The average molecular weight is 555 g/mol. The van der Waals surface area contributed by atoms with Crippen LogP contribution in [0.4, 0.5) is 19.0 Å². The van der Waals surface area contributed by atoms with E-state index < -0.39 is 23.1 Å². The molecule has 0 radical (unpaired) electrons. The molecule has 10 nitrogen and oxygen atoms in total. The summed E-state index contributed by atoms with van der Waals surface area (Å²) in [6.07, 6.45) is 1.30. The molecule has 5 rings (SSSR count). The summed E-state index contributed by atoms with van der Waals surface area (Å²) >= 11 is 0. The van der Waals surface area contributed by atoms with E-state index in [2.05, 4.69) is 20.6 Å². The molecule has 2 amide bonds. The maximum absolute atomic E-state index is 13.0. The Labute approximate surface area is 227 Å². The molecule has 1 aromatic heterocycles. The van der Waals surface area contributed by atoms with E-state index in [9.17, 15) is 22.8 Å². The van der Waals surface area contributed by atoms with Gasteiger partial charge in [0.05, 0.1) is 42.2 Å². The number of carbonyl (C=O) groups excluding carboxylic acids is 2. The van der Waals surface area contributed by atoms with Crippen molar-refractivity contribution in [3.8, 4) is 0 Å². The predicted octanol–water partition coefficient (Wildman–Crippen LogP) is 3.36. The van der Waals surface area contributed by atoms with Crippen LogP contribution >= 0.6 is 0 Å². The number of ether oxygens (including phenoxy) is 1. The molecule has 13 heteroatoms. The second kappa shape index (κ2) is 10.1. The minimum absolute atomic E-state index is 0.0849. The molecular weight excluding hydrogens is 527 g/mol. The molecule has 1 aromatic carbocycles. The van der Waals surface area contributed by atoms with Crippen LogP contribution < -0.4 is 16.5 Å². The number of aromatic nitrogens is 1. The van der Waals surface area contributed by atoms with Crippen LogP contribution in [-0.2, 0) is 15.7 Å². The number of allylic oxidation sites excluding steroid dienone is 1. The van der Waals surface area contributed by atoms with Crippen molar-refractivity contribution in [1.82, 2.24) is 10.3 Å². The number of nitrogens with one attached hydrogen (secondary N) is 2. The maximum atomic E-state index is 13.0. The number of aliphatic imine (C=N–C) groups is 2. The summed E-state index contributed by atoms with van der Waals surface area (Å²) in [4.78, 5) is 38.1. The SMILES string of the molecule is CC(CNC(=O)C1(C)COC1)C1=C2C=NC=C[N+]2(N)C(c2ccc(C(=O)Nc3cc(C(F)(F)F)ccn3)cc2)=N1. The highest BCUT2D eigenvalue weighted by atomic mass is 19.4. The number of quaternary nitrogens is 1. The van der Waals surface area contributed by atoms with Gasteiger partial charge in [-0.2, -0.15) is 24.0 Å². The summed E-state index contributed by atoms with van der Waals surface area (Å²) in [5.74, 6) is 6.13. The smallest absolute Gasteiger partial charge is 0.379 e. The topological polar surface area (TPSA) is 131 Å². The molecule has 2 aromatic rings. The van der Waals surface area contributed by atoms with Crippen LogP contribution in [0.3, 0.4) is 0 Å². The summed E-state index contributed by atoms with van der Waals surface area (Å²) in [6.45, 7) is 4.89. The number of carbonyl (C=O) groups is 2. The lowest BCUT2D eigenvalue weighted by atomic mass is 9.87. The summed E-state index contributed by atoms with van der Waals surface area (Å²) in [7, 11) is 0. The van der Waals surface area contributed by atoms with Gasteiger partial charge in [-0.1, -0.05) is 6.92 Å². The number of halogens is 3. The number of alkyl halides is 3. The zero-order valence-electron chi connectivity index (χ0n) is 21.7. The zero-order chi connectivity index (χ0) is 28.7. The molecule has 40 heavy (non-hydrogen) atoms. The summed E-state index contributed by atoms with van der Waals surface area (Å²) < 4.78 is 43.9. The summed E-state index contributed by atoms with van der Waals surface area (Å²) in [5.41, 5.74) is 0.697. The fraction of sp³-hybridized carbons (Fsp3) is 0.296.